The molecule has 0 atom stereocenters. The molecule has 0 spiro atoms. The first-order valence-electron chi connectivity index (χ1n) is 8.07. The van der Waals surface area contributed by atoms with Gasteiger partial charge in [-0.3, -0.25) is 10.1 Å². The van der Waals surface area contributed by atoms with Gasteiger partial charge in [0.2, 0.25) is 0 Å². The fourth-order valence-electron chi connectivity index (χ4n) is 2.38. The Morgan fingerprint density at radius 1 is 1.17 bits per heavy atom. The molecule has 0 radical (unpaired) electrons. The standard InChI is InChI=1S/C18H27N5/c1-5-14-6-8-15(9-7-14)18(2,3)13-21-17(19-4)20-12-16-10-11-22-23-16/h6-11H,5,12-13H2,1-4H3,(H,22,23)(H2,19,20,21). The third-order valence-corrected chi connectivity index (χ3v) is 4.07. The second-order valence-corrected chi connectivity index (χ2v) is 6.30. The zero-order valence-corrected chi connectivity index (χ0v) is 14.5. The number of H-pyrrole nitrogens is 1. The Kier molecular flexibility index (Phi) is 5.79. The summed E-state index contributed by atoms with van der Waals surface area (Å²) in [5, 5.41) is 13.6. The maximum Gasteiger partial charge on any atom is 0.191 e. The lowest BCUT2D eigenvalue weighted by molar-refractivity contribution is 0.508. The van der Waals surface area contributed by atoms with Crippen LogP contribution in [0.3, 0.4) is 0 Å². The monoisotopic (exact) mass is 313 g/mol. The van der Waals surface area contributed by atoms with E-state index in [1.807, 2.05) is 6.07 Å². The van der Waals surface area contributed by atoms with Crippen LogP contribution < -0.4 is 10.6 Å². The normalized spacial score (nSPS) is 12.3. The zero-order chi connectivity index (χ0) is 16.7. The third kappa shape index (κ3) is 4.84. The molecule has 5 heteroatoms. The van der Waals surface area contributed by atoms with Gasteiger partial charge in [-0.1, -0.05) is 45.0 Å². The van der Waals surface area contributed by atoms with E-state index in [0.717, 1.165) is 24.6 Å². The molecule has 0 bridgehead atoms. The first-order valence-corrected chi connectivity index (χ1v) is 8.07. The lowest BCUT2D eigenvalue weighted by Gasteiger charge is -2.27. The molecule has 0 aliphatic carbocycles. The average molecular weight is 313 g/mol. The number of aromatic amines is 1. The van der Waals surface area contributed by atoms with E-state index >= 15 is 0 Å². The Morgan fingerprint density at radius 3 is 2.48 bits per heavy atom. The van der Waals surface area contributed by atoms with Gasteiger partial charge in [0.05, 0.1) is 12.2 Å². The minimum atomic E-state index is 0.0257. The number of nitrogens with zero attached hydrogens (tertiary/aromatic N) is 2. The van der Waals surface area contributed by atoms with Crippen molar-refractivity contribution in [3.05, 3.63) is 53.3 Å². The summed E-state index contributed by atoms with van der Waals surface area (Å²) >= 11 is 0. The van der Waals surface area contributed by atoms with Gasteiger partial charge >= 0.3 is 0 Å². The van der Waals surface area contributed by atoms with Crippen LogP contribution in [0.5, 0.6) is 0 Å². The summed E-state index contributed by atoms with van der Waals surface area (Å²) in [7, 11) is 1.78. The van der Waals surface area contributed by atoms with E-state index in [1.54, 1.807) is 13.2 Å². The summed E-state index contributed by atoms with van der Waals surface area (Å²) in [4.78, 5) is 4.27. The Balaban J connectivity index is 1.90. The minimum Gasteiger partial charge on any atom is -0.356 e. The number of aryl methyl sites for hydroxylation is 1. The van der Waals surface area contributed by atoms with E-state index in [-0.39, 0.29) is 5.41 Å². The molecule has 0 saturated heterocycles. The molecular formula is C18H27N5. The van der Waals surface area contributed by atoms with Crippen LogP contribution in [-0.2, 0) is 18.4 Å². The fraction of sp³-hybridized carbons (Fsp3) is 0.444. The Bertz CT molecular complexity index is 611. The second-order valence-electron chi connectivity index (χ2n) is 6.30. The van der Waals surface area contributed by atoms with Crippen molar-refractivity contribution in [3.63, 3.8) is 0 Å². The van der Waals surface area contributed by atoms with Crippen molar-refractivity contribution in [3.8, 4) is 0 Å². The van der Waals surface area contributed by atoms with Crippen LogP contribution in [0.4, 0.5) is 0 Å². The highest BCUT2D eigenvalue weighted by atomic mass is 15.2. The highest BCUT2D eigenvalue weighted by molar-refractivity contribution is 5.79. The molecule has 0 aliphatic heterocycles. The number of hydrogen-bond acceptors (Lipinski definition) is 2. The number of hydrogen-bond donors (Lipinski definition) is 3. The minimum absolute atomic E-state index is 0.0257. The molecule has 0 amide bonds. The topological polar surface area (TPSA) is 65.1 Å². The molecule has 0 fully saturated rings. The molecule has 2 rings (SSSR count). The van der Waals surface area contributed by atoms with Gasteiger partial charge in [0.15, 0.2) is 5.96 Å². The maximum absolute atomic E-state index is 4.27. The van der Waals surface area contributed by atoms with Crippen molar-refractivity contribution in [2.45, 2.75) is 39.2 Å². The highest BCUT2D eigenvalue weighted by Crippen LogP contribution is 2.22. The predicted octanol–water partition coefficient (Wildman–Crippen LogP) is 2.61. The SMILES string of the molecule is CCc1ccc(C(C)(C)CNC(=NC)NCc2ccn[nH]2)cc1. The largest absolute Gasteiger partial charge is 0.356 e. The van der Waals surface area contributed by atoms with Crippen molar-refractivity contribution in [2.75, 3.05) is 13.6 Å². The van der Waals surface area contributed by atoms with Crippen molar-refractivity contribution in [1.82, 2.24) is 20.8 Å². The van der Waals surface area contributed by atoms with Gasteiger partial charge < -0.3 is 10.6 Å². The van der Waals surface area contributed by atoms with E-state index in [0.29, 0.717) is 6.54 Å². The molecule has 23 heavy (non-hydrogen) atoms. The fourth-order valence-corrected chi connectivity index (χ4v) is 2.38. The predicted molar refractivity (Wildman–Crippen MR) is 95.6 cm³/mol. The summed E-state index contributed by atoms with van der Waals surface area (Å²) in [5.74, 6) is 0.790. The van der Waals surface area contributed by atoms with Crippen LogP contribution in [0, 0.1) is 0 Å². The lowest BCUT2D eigenvalue weighted by atomic mass is 9.84. The van der Waals surface area contributed by atoms with E-state index in [1.165, 1.54) is 11.1 Å². The summed E-state index contributed by atoms with van der Waals surface area (Å²) in [6, 6.07) is 10.8. The molecule has 1 heterocycles. The van der Waals surface area contributed by atoms with Crippen LogP contribution in [-0.4, -0.2) is 29.7 Å². The average Bonchev–Trinajstić information content (AvgIpc) is 3.08. The first kappa shape index (κ1) is 17.1. The molecule has 0 aliphatic rings. The molecule has 3 N–H and O–H groups in total. The van der Waals surface area contributed by atoms with Gasteiger partial charge in [0, 0.05) is 25.2 Å². The van der Waals surface area contributed by atoms with Crippen molar-refractivity contribution in [1.29, 1.82) is 0 Å². The molecule has 0 unspecified atom stereocenters. The number of aromatic nitrogens is 2. The van der Waals surface area contributed by atoms with Gasteiger partial charge in [-0.25, -0.2) is 0 Å². The van der Waals surface area contributed by atoms with Crippen LogP contribution in [0.2, 0.25) is 0 Å². The number of rotatable bonds is 6. The molecular weight excluding hydrogens is 286 g/mol. The van der Waals surface area contributed by atoms with E-state index in [4.69, 9.17) is 0 Å². The van der Waals surface area contributed by atoms with Gasteiger partial charge in [0.25, 0.3) is 0 Å². The van der Waals surface area contributed by atoms with E-state index in [2.05, 4.69) is 70.9 Å². The maximum atomic E-state index is 4.27. The van der Waals surface area contributed by atoms with Crippen molar-refractivity contribution >= 4 is 5.96 Å². The van der Waals surface area contributed by atoms with Gasteiger partial charge in [-0.2, -0.15) is 5.10 Å². The third-order valence-electron chi connectivity index (χ3n) is 4.07. The summed E-state index contributed by atoms with van der Waals surface area (Å²) in [6.45, 7) is 8.13. The van der Waals surface area contributed by atoms with Crippen LogP contribution in [0.15, 0.2) is 41.5 Å². The smallest absolute Gasteiger partial charge is 0.191 e. The number of nitrogens with one attached hydrogen (secondary N) is 3. The lowest BCUT2D eigenvalue weighted by Crippen LogP contribution is -2.43. The van der Waals surface area contributed by atoms with Gasteiger partial charge in [0.1, 0.15) is 0 Å². The second kappa shape index (κ2) is 7.81. The number of guanidine groups is 1. The van der Waals surface area contributed by atoms with E-state index < -0.39 is 0 Å². The van der Waals surface area contributed by atoms with Gasteiger partial charge in [-0.05, 0) is 23.6 Å². The molecule has 5 nitrogen and oxygen atoms in total. The van der Waals surface area contributed by atoms with Crippen LogP contribution in [0.1, 0.15) is 37.6 Å². The summed E-state index contributed by atoms with van der Waals surface area (Å²) in [6.07, 6.45) is 2.82. The Morgan fingerprint density at radius 2 is 1.91 bits per heavy atom. The van der Waals surface area contributed by atoms with Gasteiger partial charge in [-0.15, -0.1) is 0 Å². The molecule has 2 aromatic rings. The van der Waals surface area contributed by atoms with Crippen LogP contribution in [0.25, 0.3) is 0 Å². The number of aliphatic imine (C=N–C) groups is 1. The Labute approximate surface area is 138 Å². The molecule has 1 aromatic heterocycles. The number of benzene rings is 1. The van der Waals surface area contributed by atoms with Crippen molar-refractivity contribution in [2.24, 2.45) is 4.99 Å². The summed E-state index contributed by atoms with van der Waals surface area (Å²) in [5.41, 5.74) is 3.75. The van der Waals surface area contributed by atoms with E-state index in [9.17, 15) is 0 Å². The molecule has 1 aromatic carbocycles. The van der Waals surface area contributed by atoms with Crippen molar-refractivity contribution < 1.29 is 0 Å². The highest BCUT2D eigenvalue weighted by Gasteiger charge is 2.20. The summed E-state index contributed by atoms with van der Waals surface area (Å²) < 4.78 is 0. The molecule has 0 saturated carbocycles. The van der Waals surface area contributed by atoms with Crippen LogP contribution >= 0.6 is 0 Å². The zero-order valence-electron chi connectivity index (χ0n) is 14.5. The first-order chi connectivity index (χ1) is 11.0. The Hall–Kier alpha value is -2.30. The molecule has 124 valence electrons. The quantitative estimate of drug-likeness (QED) is 0.567.